The molecule has 0 amide bonds. The second kappa shape index (κ2) is 7.46. The van der Waals surface area contributed by atoms with Gasteiger partial charge in [0.25, 0.3) is 0 Å². The van der Waals surface area contributed by atoms with Crippen molar-refractivity contribution in [1.82, 2.24) is 4.98 Å². The van der Waals surface area contributed by atoms with Crippen molar-refractivity contribution in [2.24, 2.45) is 5.10 Å². The Balaban J connectivity index is 1.57. The molecule has 4 rings (SSSR count). The number of rotatable bonds is 5. The number of hydrogen-bond acceptors (Lipinski definition) is 6. The van der Waals surface area contributed by atoms with Crippen LogP contribution in [0.5, 0.6) is 0 Å². The Morgan fingerprint density at radius 1 is 1.18 bits per heavy atom. The fourth-order valence-corrected chi connectivity index (χ4v) is 3.78. The zero-order valence-electron chi connectivity index (χ0n) is 14.6. The highest BCUT2D eigenvalue weighted by molar-refractivity contribution is 7.22. The van der Waals surface area contributed by atoms with Crippen molar-refractivity contribution in [3.05, 3.63) is 70.9 Å². The monoisotopic (exact) mass is 411 g/mol. The molecule has 0 saturated carbocycles. The molecule has 0 aliphatic carbocycles. The number of carbonyl (C=O) groups is 1. The van der Waals surface area contributed by atoms with Crippen LogP contribution < -0.4 is 5.43 Å². The second-order valence-corrected chi connectivity index (χ2v) is 7.34. The van der Waals surface area contributed by atoms with Gasteiger partial charge in [0, 0.05) is 5.56 Å². The Morgan fingerprint density at radius 2 is 2.00 bits per heavy atom. The molecule has 0 saturated heterocycles. The third kappa shape index (κ3) is 3.49. The average molecular weight is 412 g/mol. The van der Waals surface area contributed by atoms with Crippen LogP contribution in [0.25, 0.3) is 21.5 Å². The standard InChI is InChI=1S/C20H14ClN3O3S/c1-11(23-24-20-22-14-7-2-3-8-17(14)28-20)15-9-10-16(27-15)12-5-4-6-13(18(12)21)19(25)26/h2-10H,1H3,(H,22,24)(H,25,26)/b23-11+. The maximum atomic E-state index is 11.3. The van der Waals surface area contributed by atoms with Gasteiger partial charge in [-0.15, -0.1) is 0 Å². The minimum absolute atomic E-state index is 0.0278. The number of nitrogens with one attached hydrogen (secondary N) is 1. The largest absolute Gasteiger partial charge is 0.478 e. The normalized spacial score (nSPS) is 11.7. The lowest BCUT2D eigenvalue weighted by Crippen LogP contribution is -1.98. The number of thiazole rings is 1. The van der Waals surface area contributed by atoms with E-state index >= 15 is 0 Å². The van der Waals surface area contributed by atoms with Crippen molar-refractivity contribution >= 4 is 50.0 Å². The predicted octanol–water partition coefficient (Wildman–Crippen LogP) is 5.74. The summed E-state index contributed by atoms with van der Waals surface area (Å²) in [5, 5.41) is 14.4. The molecule has 2 heterocycles. The fourth-order valence-electron chi connectivity index (χ4n) is 2.67. The molecule has 0 aliphatic heterocycles. The van der Waals surface area contributed by atoms with E-state index in [1.807, 2.05) is 24.3 Å². The molecule has 0 radical (unpaired) electrons. The minimum Gasteiger partial charge on any atom is -0.478 e. The first-order valence-electron chi connectivity index (χ1n) is 8.31. The number of hydrogen-bond donors (Lipinski definition) is 2. The van der Waals surface area contributed by atoms with Gasteiger partial charge in [0.1, 0.15) is 11.5 Å². The van der Waals surface area contributed by atoms with Gasteiger partial charge in [-0.05, 0) is 43.3 Å². The highest BCUT2D eigenvalue weighted by Crippen LogP contribution is 2.32. The van der Waals surface area contributed by atoms with Gasteiger partial charge in [-0.1, -0.05) is 41.1 Å². The Morgan fingerprint density at radius 3 is 2.79 bits per heavy atom. The maximum absolute atomic E-state index is 11.3. The van der Waals surface area contributed by atoms with Crippen molar-refractivity contribution < 1.29 is 14.3 Å². The molecule has 0 aliphatic rings. The number of para-hydroxylation sites is 1. The van der Waals surface area contributed by atoms with Crippen LogP contribution in [0.4, 0.5) is 5.13 Å². The molecule has 0 atom stereocenters. The molecule has 140 valence electrons. The molecule has 8 heteroatoms. The van der Waals surface area contributed by atoms with Gasteiger partial charge in [0.05, 0.1) is 20.8 Å². The van der Waals surface area contributed by atoms with Crippen molar-refractivity contribution in [3.8, 4) is 11.3 Å². The van der Waals surface area contributed by atoms with Crippen LogP contribution in [0.15, 0.2) is 64.1 Å². The minimum atomic E-state index is -1.09. The molecule has 2 aromatic carbocycles. The molecule has 0 bridgehead atoms. The maximum Gasteiger partial charge on any atom is 0.337 e. The smallest absolute Gasteiger partial charge is 0.337 e. The Labute approximate surface area is 169 Å². The average Bonchev–Trinajstić information content (AvgIpc) is 3.33. The number of fused-ring (bicyclic) bond motifs is 1. The van der Waals surface area contributed by atoms with Crippen LogP contribution >= 0.6 is 22.9 Å². The molecule has 6 nitrogen and oxygen atoms in total. The third-order valence-electron chi connectivity index (χ3n) is 4.07. The van der Waals surface area contributed by atoms with Gasteiger partial charge in [0.2, 0.25) is 5.13 Å². The molecule has 0 spiro atoms. The van der Waals surface area contributed by atoms with Crippen LogP contribution in [-0.2, 0) is 0 Å². The van der Waals surface area contributed by atoms with Crippen molar-refractivity contribution in [2.45, 2.75) is 6.92 Å². The lowest BCUT2D eigenvalue weighted by molar-refractivity contribution is 0.0697. The summed E-state index contributed by atoms with van der Waals surface area (Å²) >= 11 is 7.73. The number of hydrazone groups is 1. The summed E-state index contributed by atoms with van der Waals surface area (Å²) in [6, 6.07) is 16.1. The van der Waals surface area contributed by atoms with Crippen LogP contribution in [-0.4, -0.2) is 21.8 Å². The quantitative estimate of drug-likeness (QED) is 0.322. The highest BCUT2D eigenvalue weighted by Gasteiger charge is 2.16. The Kier molecular flexibility index (Phi) is 4.85. The molecule has 28 heavy (non-hydrogen) atoms. The van der Waals surface area contributed by atoms with E-state index in [1.165, 1.54) is 17.4 Å². The van der Waals surface area contributed by atoms with Crippen LogP contribution in [0.3, 0.4) is 0 Å². The lowest BCUT2D eigenvalue weighted by Gasteiger charge is -2.04. The summed E-state index contributed by atoms with van der Waals surface area (Å²) in [5.74, 6) is -0.0746. The topological polar surface area (TPSA) is 87.7 Å². The van der Waals surface area contributed by atoms with Gasteiger partial charge in [-0.3, -0.25) is 5.43 Å². The number of anilines is 1. The molecule has 4 aromatic rings. The van der Waals surface area contributed by atoms with E-state index in [4.69, 9.17) is 16.0 Å². The predicted molar refractivity (Wildman–Crippen MR) is 112 cm³/mol. The summed E-state index contributed by atoms with van der Waals surface area (Å²) in [6.45, 7) is 1.80. The molecule has 2 N–H and O–H groups in total. The number of carboxylic acid groups (broad SMARTS) is 1. The van der Waals surface area contributed by atoms with E-state index in [2.05, 4.69) is 15.5 Å². The zero-order valence-corrected chi connectivity index (χ0v) is 16.2. The van der Waals surface area contributed by atoms with E-state index < -0.39 is 5.97 Å². The summed E-state index contributed by atoms with van der Waals surface area (Å²) in [5.41, 5.74) is 5.02. The van der Waals surface area contributed by atoms with Crippen LogP contribution in [0.1, 0.15) is 23.0 Å². The Hall–Kier alpha value is -3.16. The number of aromatic carboxylic acids is 1. The molecule has 2 aromatic heterocycles. The number of furan rings is 1. The Bertz CT molecular complexity index is 1180. The summed E-state index contributed by atoms with van der Waals surface area (Å²) in [4.78, 5) is 15.7. The SMILES string of the molecule is C/C(=N\Nc1nc2ccccc2s1)c1ccc(-c2cccc(C(=O)O)c2Cl)o1. The summed E-state index contributed by atoms with van der Waals surface area (Å²) in [6.07, 6.45) is 0. The van der Waals surface area contributed by atoms with E-state index in [9.17, 15) is 9.90 Å². The molecular formula is C20H14ClN3O3S. The van der Waals surface area contributed by atoms with E-state index in [0.29, 0.717) is 27.9 Å². The van der Waals surface area contributed by atoms with Crippen molar-refractivity contribution in [2.75, 3.05) is 5.43 Å². The first kappa shape index (κ1) is 18.2. The van der Waals surface area contributed by atoms with Gasteiger partial charge in [0.15, 0.2) is 5.76 Å². The third-order valence-corrected chi connectivity index (χ3v) is 5.42. The number of nitrogens with zero attached hydrogens (tertiary/aromatic N) is 2. The summed E-state index contributed by atoms with van der Waals surface area (Å²) < 4.78 is 6.90. The number of halogens is 1. The molecule has 0 unspecified atom stereocenters. The number of aromatic nitrogens is 1. The van der Waals surface area contributed by atoms with Gasteiger partial charge in [-0.25, -0.2) is 9.78 Å². The molecular weight excluding hydrogens is 398 g/mol. The van der Waals surface area contributed by atoms with E-state index in [0.717, 1.165) is 10.2 Å². The van der Waals surface area contributed by atoms with E-state index in [1.54, 1.807) is 31.2 Å². The fraction of sp³-hybridized carbons (Fsp3) is 0.0500. The van der Waals surface area contributed by atoms with Crippen LogP contribution in [0.2, 0.25) is 5.02 Å². The lowest BCUT2D eigenvalue weighted by atomic mass is 10.1. The first-order valence-corrected chi connectivity index (χ1v) is 9.50. The van der Waals surface area contributed by atoms with Crippen molar-refractivity contribution in [3.63, 3.8) is 0 Å². The second-order valence-electron chi connectivity index (χ2n) is 5.93. The van der Waals surface area contributed by atoms with Gasteiger partial charge < -0.3 is 9.52 Å². The van der Waals surface area contributed by atoms with Gasteiger partial charge >= 0.3 is 5.97 Å². The van der Waals surface area contributed by atoms with Crippen molar-refractivity contribution in [1.29, 1.82) is 0 Å². The molecule has 0 fully saturated rings. The van der Waals surface area contributed by atoms with E-state index in [-0.39, 0.29) is 10.6 Å². The highest BCUT2D eigenvalue weighted by atomic mass is 35.5. The van der Waals surface area contributed by atoms with Gasteiger partial charge in [-0.2, -0.15) is 5.10 Å². The first-order chi connectivity index (χ1) is 13.5. The zero-order chi connectivity index (χ0) is 19.7. The summed E-state index contributed by atoms with van der Waals surface area (Å²) in [7, 11) is 0. The van der Waals surface area contributed by atoms with Crippen LogP contribution in [0, 0.1) is 0 Å². The number of carboxylic acids is 1. The number of benzene rings is 2.